The van der Waals surface area contributed by atoms with Crippen LogP contribution in [0.2, 0.25) is 0 Å². The number of nitrogens with one attached hydrogen (secondary N) is 2. The van der Waals surface area contributed by atoms with Gasteiger partial charge in [-0.1, -0.05) is 44.9 Å². The van der Waals surface area contributed by atoms with Crippen LogP contribution in [0.5, 0.6) is 5.88 Å². The van der Waals surface area contributed by atoms with E-state index in [9.17, 15) is 9.90 Å². The summed E-state index contributed by atoms with van der Waals surface area (Å²) in [6.07, 6.45) is 4.07. The van der Waals surface area contributed by atoms with Crippen molar-refractivity contribution in [2.24, 2.45) is 10.2 Å². The van der Waals surface area contributed by atoms with E-state index < -0.39 is 0 Å². The number of hydrogen-bond donors (Lipinski definition) is 3. The SMILES string of the molecule is CCCC(CCC)NC(=O)c1ccc(N=Nc2c(O)[nH]c3ccccc23)cc1. The lowest BCUT2D eigenvalue weighted by atomic mass is 10.1. The highest BCUT2D eigenvalue weighted by molar-refractivity contribution is 5.95. The number of para-hydroxylation sites is 1. The second kappa shape index (κ2) is 9.17. The number of aromatic amines is 1. The third kappa shape index (κ3) is 4.57. The molecule has 0 aliphatic heterocycles. The van der Waals surface area contributed by atoms with E-state index in [1.807, 2.05) is 24.3 Å². The Hall–Kier alpha value is -3.15. The first-order valence-electron chi connectivity index (χ1n) is 9.74. The fraction of sp³-hybridized carbons (Fsp3) is 0.318. The van der Waals surface area contributed by atoms with Crippen molar-refractivity contribution < 1.29 is 9.90 Å². The summed E-state index contributed by atoms with van der Waals surface area (Å²) in [5, 5.41) is 22.3. The van der Waals surface area contributed by atoms with Crippen LogP contribution in [0.4, 0.5) is 11.4 Å². The van der Waals surface area contributed by atoms with Crippen LogP contribution in [0.25, 0.3) is 10.9 Å². The zero-order valence-corrected chi connectivity index (χ0v) is 16.3. The Balaban J connectivity index is 1.71. The van der Waals surface area contributed by atoms with E-state index in [-0.39, 0.29) is 17.8 Å². The van der Waals surface area contributed by atoms with E-state index in [4.69, 9.17) is 0 Å². The minimum Gasteiger partial charge on any atom is -0.493 e. The fourth-order valence-corrected chi connectivity index (χ4v) is 3.26. The van der Waals surface area contributed by atoms with E-state index in [1.54, 1.807) is 24.3 Å². The molecule has 0 unspecified atom stereocenters. The molecule has 28 heavy (non-hydrogen) atoms. The fourth-order valence-electron chi connectivity index (χ4n) is 3.26. The summed E-state index contributed by atoms with van der Waals surface area (Å²) in [5.74, 6) is -0.0801. The van der Waals surface area contributed by atoms with Crippen molar-refractivity contribution in [1.29, 1.82) is 0 Å². The number of nitrogens with zero attached hydrogens (tertiary/aromatic N) is 2. The number of rotatable bonds is 8. The Kier molecular flexibility index (Phi) is 6.42. The van der Waals surface area contributed by atoms with Crippen molar-refractivity contribution in [1.82, 2.24) is 10.3 Å². The molecule has 0 aliphatic rings. The standard InChI is InChI=1S/C22H26N4O2/c1-3-7-16(8-4-2)23-21(27)15-11-13-17(14-12-15)25-26-20-18-9-5-6-10-19(18)24-22(20)28/h5-6,9-14,16,24,28H,3-4,7-8H2,1-2H3,(H,23,27). The highest BCUT2D eigenvalue weighted by Crippen LogP contribution is 2.36. The molecule has 0 bridgehead atoms. The van der Waals surface area contributed by atoms with E-state index in [0.29, 0.717) is 16.9 Å². The van der Waals surface area contributed by atoms with Gasteiger partial charge in [0.15, 0.2) is 5.69 Å². The molecule has 146 valence electrons. The minimum atomic E-state index is -0.0651. The van der Waals surface area contributed by atoms with Crippen molar-refractivity contribution in [2.45, 2.75) is 45.6 Å². The molecule has 1 amide bonds. The van der Waals surface area contributed by atoms with E-state index >= 15 is 0 Å². The number of azo groups is 1. The number of amides is 1. The lowest BCUT2D eigenvalue weighted by Gasteiger charge is -2.17. The Morgan fingerprint density at radius 2 is 1.71 bits per heavy atom. The summed E-state index contributed by atoms with van der Waals surface area (Å²) >= 11 is 0. The molecular weight excluding hydrogens is 352 g/mol. The number of H-pyrrole nitrogens is 1. The van der Waals surface area contributed by atoms with Crippen molar-refractivity contribution in [3.05, 3.63) is 54.1 Å². The Morgan fingerprint density at radius 1 is 1.04 bits per heavy atom. The summed E-state index contributed by atoms with van der Waals surface area (Å²) in [6.45, 7) is 4.25. The van der Waals surface area contributed by atoms with Gasteiger partial charge in [0.25, 0.3) is 5.91 Å². The quantitative estimate of drug-likeness (QED) is 0.420. The van der Waals surface area contributed by atoms with Gasteiger partial charge < -0.3 is 15.4 Å². The van der Waals surface area contributed by atoms with Crippen LogP contribution < -0.4 is 5.32 Å². The predicted octanol–water partition coefficient (Wildman–Crippen LogP) is 5.99. The molecule has 0 radical (unpaired) electrons. The van der Waals surface area contributed by atoms with Crippen molar-refractivity contribution in [2.75, 3.05) is 0 Å². The molecule has 3 N–H and O–H groups in total. The van der Waals surface area contributed by atoms with Gasteiger partial charge in [0.1, 0.15) is 0 Å². The average molecular weight is 378 g/mol. The van der Waals surface area contributed by atoms with E-state index in [2.05, 4.69) is 34.4 Å². The van der Waals surface area contributed by atoms with Crippen molar-refractivity contribution >= 4 is 28.2 Å². The summed E-state index contributed by atoms with van der Waals surface area (Å²) in [5.41, 5.74) is 2.42. The summed E-state index contributed by atoms with van der Waals surface area (Å²) < 4.78 is 0. The third-order valence-corrected chi connectivity index (χ3v) is 4.66. The van der Waals surface area contributed by atoms with Crippen LogP contribution in [0.3, 0.4) is 0 Å². The average Bonchev–Trinajstić information content (AvgIpc) is 3.02. The number of aromatic hydroxyl groups is 1. The molecule has 1 aromatic heterocycles. The second-order valence-corrected chi connectivity index (χ2v) is 6.86. The third-order valence-electron chi connectivity index (χ3n) is 4.66. The first kappa shape index (κ1) is 19.6. The van der Waals surface area contributed by atoms with Crippen LogP contribution in [0, 0.1) is 0 Å². The number of carbonyl (C=O) groups is 1. The number of carbonyl (C=O) groups excluding carboxylic acids is 1. The van der Waals surface area contributed by atoms with Crippen molar-refractivity contribution in [3.63, 3.8) is 0 Å². The van der Waals surface area contributed by atoms with Gasteiger partial charge in [0.2, 0.25) is 5.88 Å². The molecule has 0 spiro atoms. The van der Waals surface area contributed by atoms with E-state index in [1.165, 1.54) is 0 Å². The summed E-state index contributed by atoms with van der Waals surface area (Å²) in [6, 6.07) is 14.7. The summed E-state index contributed by atoms with van der Waals surface area (Å²) in [4.78, 5) is 15.3. The molecule has 3 aromatic rings. The first-order valence-corrected chi connectivity index (χ1v) is 9.74. The normalized spacial score (nSPS) is 11.5. The Labute approximate surface area is 164 Å². The van der Waals surface area contributed by atoms with Gasteiger partial charge >= 0.3 is 0 Å². The molecule has 0 fully saturated rings. The number of benzene rings is 2. The number of aromatic nitrogens is 1. The molecular formula is C22H26N4O2. The molecule has 0 saturated carbocycles. The van der Waals surface area contributed by atoms with Crippen LogP contribution >= 0.6 is 0 Å². The predicted molar refractivity (Wildman–Crippen MR) is 112 cm³/mol. The lowest BCUT2D eigenvalue weighted by molar-refractivity contribution is 0.0932. The molecule has 0 atom stereocenters. The maximum Gasteiger partial charge on any atom is 0.251 e. The van der Waals surface area contributed by atoms with Gasteiger partial charge in [-0.2, -0.15) is 5.11 Å². The molecule has 6 heteroatoms. The largest absolute Gasteiger partial charge is 0.493 e. The molecule has 0 saturated heterocycles. The maximum atomic E-state index is 12.4. The lowest BCUT2D eigenvalue weighted by Crippen LogP contribution is -2.34. The number of fused-ring (bicyclic) bond motifs is 1. The Morgan fingerprint density at radius 3 is 2.39 bits per heavy atom. The molecule has 1 heterocycles. The highest BCUT2D eigenvalue weighted by atomic mass is 16.3. The van der Waals surface area contributed by atoms with E-state index in [0.717, 1.165) is 36.6 Å². The van der Waals surface area contributed by atoms with Crippen LogP contribution in [-0.4, -0.2) is 22.0 Å². The molecule has 3 rings (SSSR count). The van der Waals surface area contributed by atoms with Crippen LogP contribution in [0.1, 0.15) is 49.9 Å². The zero-order chi connectivity index (χ0) is 19.9. The van der Waals surface area contributed by atoms with Gasteiger partial charge in [0.05, 0.1) is 11.2 Å². The minimum absolute atomic E-state index is 0.0150. The highest BCUT2D eigenvalue weighted by Gasteiger charge is 2.13. The van der Waals surface area contributed by atoms with Crippen LogP contribution in [0.15, 0.2) is 58.8 Å². The molecule has 0 aliphatic carbocycles. The van der Waals surface area contributed by atoms with Crippen molar-refractivity contribution in [3.8, 4) is 5.88 Å². The second-order valence-electron chi connectivity index (χ2n) is 6.86. The maximum absolute atomic E-state index is 12.4. The monoisotopic (exact) mass is 378 g/mol. The Bertz CT molecular complexity index is 954. The smallest absolute Gasteiger partial charge is 0.251 e. The molecule has 2 aromatic carbocycles. The van der Waals surface area contributed by atoms with Crippen LogP contribution in [-0.2, 0) is 0 Å². The van der Waals surface area contributed by atoms with Gasteiger partial charge in [0, 0.05) is 17.0 Å². The van der Waals surface area contributed by atoms with Gasteiger partial charge in [-0.3, -0.25) is 4.79 Å². The molecule has 6 nitrogen and oxygen atoms in total. The van der Waals surface area contributed by atoms with Gasteiger partial charge in [-0.05, 0) is 43.2 Å². The summed E-state index contributed by atoms with van der Waals surface area (Å²) in [7, 11) is 0. The van der Waals surface area contributed by atoms with Gasteiger partial charge in [-0.25, -0.2) is 0 Å². The number of hydrogen-bond acceptors (Lipinski definition) is 4. The topological polar surface area (TPSA) is 89.8 Å². The van der Waals surface area contributed by atoms with Gasteiger partial charge in [-0.15, -0.1) is 5.11 Å². The first-order chi connectivity index (χ1) is 13.6. The zero-order valence-electron chi connectivity index (χ0n) is 16.3.